The molecule has 0 heterocycles. The quantitative estimate of drug-likeness (QED) is 0.186. The molecule has 27 heavy (non-hydrogen) atoms. The Morgan fingerprint density at radius 2 is 1.11 bits per heavy atom. The van der Waals surface area contributed by atoms with Crippen LogP contribution in [0, 0.1) is 0 Å². The summed E-state index contributed by atoms with van der Waals surface area (Å²) in [7, 11) is -3.50. The van der Waals surface area contributed by atoms with Crippen LogP contribution in [0.5, 0.6) is 5.75 Å². The van der Waals surface area contributed by atoms with Gasteiger partial charge < -0.3 is 9.92 Å². The molecule has 0 fully saturated rings. The van der Waals surface area contributed by atoms with Crippen LogP contribution < -0.4 is 9.92 Å². The highest BCUT2D eigenvalue weighted by atomic mass is 32.2. The molecule has 1 aromatic carbocycles. The normalized spacial score (nSPS) is 11.6. The van der Waals surface area contributed by atoms with E-state index in [1.165, 1.54) is 70.6 Å². The van der Waals surface area contributed by atoms with Gasteiger partial charge in [0, 0.05) is 5.69 Å². The van der Waals surface area contributed by atoms with E-state index in [1.54, 1.807) is 24.3 Å². The van der Waals surface area contributed by atoms with Crippen molar-refractivity contribution in [2.75, 3.05) is 11.5 Å². The van der Waals surface area contributed by atoms with Crippen LogP contribution in [0.15, 0.2) is 24.3 Å². The topological polar surface area (TPSA) is 69.4 Å². The molecule has 1 aromatic rings. The first-order valence-electron chi connectivity index (χ1n) is 10.8. The Morgan fingerprint density at radius 3 is 1.56 bits per heavy atom. The minimum atomic E-state index is -3.50. The van der Waals surface area contributed by atoms with Crippen molar-refractivity contribution in [1.29, 1.82) is 0 Å². The first-order valence-corrected chi connectivity index (χ1v) is 12.4. The highest BCUT2D eigenvalue weighted by Gasteiger charge is 2.12. The molecule has 0 spiro atoms. The SMILES string of the molecule is CCCCCCCCCCCCCCCCS(=O)(=O)Oc1ccc(N)cc1. The zero-order chi connectivity index (χ0) is 19.8. The van der Waals surface area contributed by atoms with Gasteiger partial charge in [-0.1, -0.05) is 90.4 Å². The highest BCUT2D eigenvalue weighted by Crippen LogP contribution is 2.17. The second-order valence-corrected chi connectivity index (χ2v) is 9.20. The summed E-state index contributed by atoms with van der Waals surface area (Å²) in [5, 5.41) is 0. The lowest BCUT2D eigenvalue weighted by Gasteiger charge is -2.07. The Balaban J connectivity index is 1.92. The first-order chi connectivity index (χ1) is 13.0. The van der Waals surface area contributed by atoms with E-state index in [-0.39, 0.29) is 5.75 Å². The van der Waals surface area contributed by atoms with Crippen LogP contribution in [0.4, 0.5) is 5.69 Å². The number of unbranched alkanes of at least 4 members (excludes halogenated alkanes) is 13. The molecule has 0 aliphatic carbocycles. The summed E-state index contributed by atoms with van der Waals surface area (Å²) in [5.74, 6) is 0.407. The number of benzene rings is 1. The average molecular weight is 398 g/mol. The van der Waals surface area contributed by atoms with Crippen LogP contribution in [-0.2, 0) is 10.1 Å². The molecule has 0 saturated carbocycles. The predicted octanol–water partition coefficient (Wildman–Crippen LogP) is 6.46. The van der Waals surface area contributed by atoms with E-state index in [0.29, 0.717) is 17.9 Å². The van der Waals surface area contributed by atoms with Crippen LogP contribution in [0.25, 0.3) is 0 Å². The van der Waals surface area contributed by atoms with E-state index < -0.39 is 10.1 Å². The fourth-order valence-electron chi connectivity index (χ4n) is 3.19. The van der Waals surface area contributed by atoms with Crippen LogP contribution in [-0.4, -0.2) is 14.2 Å². The van der Waals surface area contributed by atoms with E-state index in [1.807, 2.05) is 0 Å². The van der Waals surface area contributed by atoms with Gasteiger partial charge >= 0.3 is 10.1 Å². The van der Waals surface area contributed by atoms with Crippen molar-refractivity contribution >= 4 is 15.8 Å². The number of nitrogens with two attached hydrogens (primary N) is 1. The van der Waals surface area contributed by atoms with E-state index >= 15 is 0 Å². The van der Waals surface area contributed by atoms with Gasteiger partial charge in [-0.3, -0.25) is 0 Å². The minimum absolute atomic E-state index is 0.0788. The largest absolute Gasteiger partial charge is 0.399 e. The Bertz CT molecular complexity index is 570. The van der Waals surface area contributed by atoms with E-state index in [2.05, 4.69) is 6.92 Å². The molecule has 156 valence electrons. The van der Waals surface area contributed by atoms with Gasteiger partial charge in [-0.15, -0.1) is 0 Å². The standard InChI is InChI=1S/C22H39NO3S/c1-2-3-4-5-6-7-8-9-10-11-12-13-14-15-20-27(24,25)26-22-18-16-21(23)17-19-22/h16-19H,2-15,20,23H2,1H3. The van der Waals surface area contributed by atoms with Crippen molar-refractivity contribution in [3.05, 3.63) is 24.3 Å². The lowest BCUT2D eigenvalue weighted by atomic mass is 10.0. The molecule has 0 amide bonds. The molecule has 1 rings (SSSR count). The highest BCUT2D eigenvalue weighted by molar-refractivity contribution is 7.87. The van der Waals surface area contributed by atoms with Gasteiger partial charge in [0.25, 0.3) is 0 Å². The Kier molecular flexibility index (Phi) is 13.0. The summed E-state index contributed by atoms with van der Waals surface area (Å²) in [4.78, 5) is 0. The predicted molar refractivity (Wildman–Crippen MR) is 116 cm³/mol. The molecule has 4 nitrogen and oxygen atoms in total. The Hall–Kier alpha value is -1.23. The number of rotatable bonds is 17. The van der Waals surface area contributed by atoms with Crippen molar-refractivity contribution in [1.82, 2.24) is 0 Å². The van der Waals surface area contributed by atoms with Gasteiger partial charge in [0.1, 0.15) is 5.75 Å². The summed E-state index contributed by atoms with van der Waals surface area (Å²) in [6.45, 7) is 2.26. The third-order valence-corrected chi connectivity index (χ3v) is 6.09. The van der Waals surface area contributed by atoms with Crippen molar-refractivity contribution in [3.63, 3.8) is 0 Å². The summed E-state index contributed by atoms with van der Waals surface area (Å²) >= 11 is 0. The number of nitrogen functional groups attached to an aromatic ring is 1. The summed E-state index contributed by atoms with van der Waals surface area (Å²) < 4.78 is 29.0. The molecule has 0 radical (unpaired) electrons. The minimum Gasteiger partial charge on any atom is -0.399 e. The maximum Gasteiger partial charge on any atom is 0.309 e. The molecule has 0 bridgehead atoms. The lowest BCUT2D eigenvalue weighted by Crippen LogP contribution is -2.13. The molecule has 0 aliphatic heterocycles. The van der Waals surface area contributed by atoms with Crippen molar-refractivity contribution in [2.24, 2.45) is 0 Å². The number of anilines is 1. The lowest BCUT2D eigenvalue weighted by molar-refractivity contribution is 0.481. The Labute approximate surface area is 167 Å². The second kappa shape index (κ2) is 14.8. The molecular formula is C22H39NO3S. The monoisotopic (exact) mass is 397 g/mol. The zero-order valence-corrected chi connectivity index (χ0v) is 17.9. The molecule has 0 saturated heterocycles. The average Bonchev–Trinajstić information content (AvgIpc) is 2.63. The van der Waals surface area contributed by atoms with Crippen LogP contribution in [0.2, 0.25) is 0 Å². The summed E-state index contributed by atoms with van der Waals surface area (Å²) in [6.07, 6.45) is 17.5. The third kappa shape index (κ3) is 13.6. The summed E-state index contributed by atoms with van der Waals surface area (Å²) in [6, 6.07) is 6.44. The molecule has 5 heteroatoms. The van der Waals surface area contributed by atoms with Crippen molar-refractivity contribution < 1.29 is 12.6 Å². The van der Waals surface area contributed by atoms with Gasteiger partial charge in [0.15, 0.2) is 0 Å². The fourth-order valence-corrected chi connectivity index (χ4v) is 4.23. The molecule has 0 unspecified atom stereocenters. The van der Waals surface area contributed by atoms with Crippen molar-refractivity contribution in [2.45, 2.75) is 96.8 Å². The third-order valence-electron chi connectivity index (χ3n) is 4.85. The zero-order valence-electron chi connectivity index (χ0n) is 17.1. The smallest absolute Gasteiger partial charge is 0.309 e. The van der Waals surface area contributed by atoms with Crippen LogP contribution in [0.1, 0.15) is 96.8 Å². The Morgan fingerprint density at radius 1 is 0.704 bits per heavy atom. The van der Waals surface area contributed by atoms with Gasteiger partial charge in [0.05, 0.1) is 5.75 Å². The second-order valence-electron chi connectivity index (χ2n) is 7.51. The van der Waals surface area contributed by atoms with Gasteiger partial charge in [-0.25, -0.2) is 0 Å². The first kappa shape index (κ1) is 23.8. The van der Waals surface area contributed by atoms with E-state index in [4.69, 9.17) is 9.92 Å². The maximum absolute atomic E-state index is 11.9. The fraction of sp³-hybridized carbons (Fsp3) is 0.727. The summed E-state index contributed by atoms with van der Waals surface area (Å²) in [5.41, 5.74) is 6.17. The van der Waals surface area contributed by atoms with E-state index in [9.17, 15) is 8.42 Å². The molecule has 2 N–H and O–H groups in total. The van der Waals surface area contributed by atoms with Gasteiger partial charge in [-0.2, -0.15) is 8.42 Å². The van der Waals surface area contributed by atoms with Crippen LogP contribution >= 0.6 is 0 Å². The van der Waals surface area contributed by atoms with Gasteiger partial charge in [-0.05, 0) is 30.7 Å². The maximum atomic E-state index is 11.9. The van der Waals surface area contributed by atoms with E-state index in [0.717, 1.165) is 12.8 Å². The van der Waals surface area contributed by atoms with Crippen molar-refractivity contribution in [3.8, 4) is 5.75 Å². The molecule has 0 atom stereocenters. The molecular weight excluding hydrogens is 358 g/mol. The van der Waals surface area contributed by atoms with Crippen LogP contribution in [0.3, 0.4) is 0 Å². The van der Waals surface area contributed by atoms with Gasteiger partial charge in [0.2, 0.25) is 0 Å². The number of hydrogen-bond acceptors (Lipinski definition) is 4. The number of hydrogen-bond donors (Lipinski definition) is 1. The molecule has 0 aromatic heterocycles. The molecule has 0 aliphatic rings.